The van der Waals surface area contributed by atoms with Crippen LogP contribution < -0.4 is 0 Å². The molecular weight excluding hydrogens is 171 g/mol. The Hall–Kier alpha value is -0.190. The van der Waals surface area contributed by atoms with E-state index in [2.05, 4.69) is 16.8 Å². The third-order valence-corrected chi connectivity index (χ3v) is 3.06. The summed E-state index contributed by atoms with van der Waals surface area (Å²) < 4.78 is 17.8. The van der Waals surface area contributed by atoms with Crippen LogP contribution in [0.1, 0.15) is 0 Å². The average molecular weight is 188 g/mol. The molecule has 2 unspecified atom stereocenters. The van der Waals surface area contributed by atoms with Crippen LogP contribution in [-0.4, -0.2) is 68.5 Å². The molecule has 0 aromatic carbocycles. The highest BCUT2D eigenvalue weighted by molar-refractivity contribution is 4.93. The lowest BCUT2D eigenvalue weighted by Gasteiger charge is -2.33. The first-order chi connectivity index (χ1) is 6.31. The Balaban J connectivity index is 1.92. The molecule has 4 heteroatoms. The molecule has 2 saturated heterocycles. The van der Waals surface area contributed by atoms with Crippen molar-refractivity contribution in [2.45, 2.75) is 12.1 Å². The van der Waals surface area contributed by atoms with Gasteiger partial charge in [-0.15, -0.1) is 0 Å². The molecule has 2 atom stereocenters. The lowest BCUT2D eigenvalue weighted by molar-refractivity contribution is -0.0369. The summed E-state index contributed by atoms with van der Waals surface area (Å²) >= 11 is 0. The average Bonchev–Trinajstić information content (AvgIpc) is 2.49. The van der Waals surface area contributed by atoms with E-state index in [9.17, 15) is 4.39 Å². The largest absolute Gasteiger partial charge is 0.374 e. The minimum Gasteiger partial charge on any atom is -0.374 e. The van der Waals surface area contributed by atoms with Crippen molar-refractivity contribution in [2.75, 3.05) is 46.5 Å². The highest BCUT2D eigenvalue weighted by atomic mass is 19.1. The van der Waals surface area contributed by atoms with Crippen molar-refractivity contribution < 1.29 is 9.13 Å². The number of rotatable bonds is 2. The van der Waals surface area contributed by atoms with Crippen LogP contribution in [0.4, 0.5) is 4.39 Å². The Kier molecular flexibility index (Phi) is 2.81. The molecule has 0 amide bonds. The zero-order valence-corrected chi connectivity index (χ0v) is 8.08. The molecule has 2 heterocycles. The van der Waals surface area contributed by atoms with E-state index in [1.807, 2.05) is 0 Å². The summed E-state index contributed by atoms with van der Waals surface area (Å²) in [5, 5.41) is 0. The van der Waals surface area contributed by atoms with Crippen LogP contribution in [0.5, 0.6) is 0 Å². The number of ether oxygens (including phenoxy) is 1. The van der Waals surface area contributed by atoms with Crippen LogP contribution in [0.2, 0.25) is 0 Å². The molecule has 2 aliphatic rings. The molecule has 0 aliphatic carbocycles. The molecule has 13 heavy (non-hydrogen) atoms. The first kappa shape index (κ1) is 9.37. The smallest absolute Gasteiger partial charge is 0.102 e. The second-order valence-corrected chi connectivity index (χ2v) is 3.91. The number of nitrogens with zero attached hydrogens (tertiary/aromatic N) is 2. The molecular formula is C9H17FN2O. The summed E-state index contributed by atoms with van der Waals surface area (Å²) in [5.41, 5.74) is 0. The second kappa shape index (κ2) is 3.90. The number of hydrogen-bond donors (Lipinski definition) is 0. The Labute approximate surface area is 78.4 Å². The van der Waals surface area contributed by atoms with Crippen LogP contribution in [0, 0.1) is 0 Å². The first-order valence-electron chi connectivity index (χ1n) is 4.91. The highest BCUT2D eigenvalue weighted by Gasteiger charge is 2.37. The third-order valence-electron chi connectivity index (χ3n) is 3.06. The van der Waals surface area contributed by atoms with Crippen molar-refractivity contribution in [1.29, 1.82) is 0 Å². The van der Waals surface area contributed by atoms with E-state index in [4.69, 9.17) is 4.74 Å². The van der Waals surface area contributed by atoms with Crippen molar-refractivity contribution in [2.24, 2.45) is 0 Å². The summed E-state index contributed by atoms with van der Waals surface area (Å²) in [6.45, 7) is 4.00. The Morgan fingerprint density at radius 3 is 3.00 bits per heavy atom. The van der Waals surface area contributed by atoms with Crippen molar-refractivity contribution >= 4 is 0 Å². The molecule has 2 rings (SSSR count). The molecule has 0 aromatic heterocycles. The Morgan fingerprint density at radius 1 is 1.46 bits per heavy atom. The lowest BCUT2D eigenvalue weighted by atomic mass is 10.1. The van der Waals surface area contributed by atoms with E-state index in [1.165, 1.54) is 0 Å². The van der Waals surface area contributed by atoms with Gasteiger partial charge >= 0.3 is 0 Å². The Morgan fingerprint density at radius 2 is 2.31 bits per heavy atom. The monoisotopic (exact) mass is 188 g/mol. The van der Waals surface area contributed by atoms with Crippen LogP contribution in [0.15, 0.2) is 0 Å². The van der Waals surface area contributed by atoms with E-state index < -0.39 is 0 Å². The summed E-state index contributed by atoms with van der Waals surface area (Å²) in [7, 11) is 2.12. The van der Waals surface area contributed by atoms with Crippen molar-refractivity contribution in [3.8, 4) is 0 Å². The van der Waals surface area contributed by atoms with Gasteiger partial charge in [-0.2, -0.15) is 0 Å². The summed E-state index contributed by atoms with van der Waals surface area (Å²) in [6.07, 6.45) is 0.310. The van der Waals surface area contributed by atoms with Gasteiger partial charge in [-0.1, -0.05) is 0 Å². The maximum Gasteiger partial charge on any atom is 0.102 e. The summed E-state index contributed by atoms with van der Waals surface area (Å²) in [5.74, 6) is 0. The van der Waals surface area contributed by atoms with Gasteiger partial charge in [0.1, 0.15) is 6.67 Å². The number of likely N-dealkylation sites (N-methyl/N-ethyl adjacent to an activating group) is 1. The normalized spacial score (nSPS) is 36.5. The van der Waals surface area contributed by atoms with Crippen LogP contribution in [0.25, 0.3) is 0 Å². The maximum absolute atomic E-state index is 12.1. The number of morpholine rings is 1. The quantitative estimate of drug-likeness (QED) is 0.605. The molecule has 3 nitrogen and oxygen atoms in total. The fraction of sp³-hybridized carbons (Fsp3) is 1.00. The molecule has 0 radical (unpaired) electrons. The molecule has 0 spiro atoms. The van der Waals surface area contributed by atoms with Crippen molar-refractivity contribution in [3.63, 3.8) is 0 Å². The van der Waals surface area contributed by atoms with E-state index in [-0.39, 0.29) is 6.67 Å². The van der Waals surface area contributed by atoms with Gasteiger partial charge in [-0.3, -0.25) is 9.80 Å². The van der Waals surface area contributed by atoms with E-state index >= 15 is 0 Å². The molecule has 0 saturated carbocycles. The van der Waals surface area contributed by atoms with E-state index in [1.54, 1.807) is 0 Å². The van der Waals surface area contributed by atoms with Gasteiger partial charge in [-0.05, 0) is 7.05 Å². The SMILES string of the molecule is CN1CCOC2CN(CCF)CC21. The molecule has 2 aliphatic heterocycles. The maximum atomic E-state index is 12.1. The predicted octanol–water partition coefficient (Wildman–Crippen LogP) is -0.0293. The molecule has 0 N–H and O–H groups in total. The fourth-order valence-corrected chi connectivity index (χ4v) is 2.24. The standard InChI is InChI=1S/C9H17FN2O/c1-11-4-5-13-9-7-12(3-2-10)6-8(9)11/h8-9H,2-7H2,1H3. The van der Waals surface area contributed by atoms with Gasteiger partial charge in [0.2, 0.25) is 0 Å². The van der Waals surface area contributed by atoms with Crippen molar-refractivity contribution in [3.05, 3.63) is 0 Å². The van der Waals surface area contributed by atoms with Crippen LogP contribution in [0.3, 0.4) is 0 Å². The fourth-order valence-electron chi connectivity index (χ4n) is 2.24. The van der Waals surface area contributed by atoms with Gasteiger partial charge in [0.05, 0.1) is 12.7 Å². The van der Waals surface area contributed by atoms with Crippen molar-refractivity contribution in [1.82, 2.24) is 9.80 Å². The van der Waals surface area contributed by atoms with Gasteiger partial charge in [0.15, 0.2) is 0 Å². The zero-order valence-electron chi connectivity index (χ0n) is 8.08. The molecule has 2 fully saturated rings. The summed E-state index contributed by atoms with van der Waals surface area (Å²) in [6, 6.07) is 0.486. The lowest BCUT2D eigenvalue weighted by Crippen LogP contribution is -2.48. The highest BCUT2D eigenvalue weighted by Crippen LogP contribution is 2.20. The van der Waals surface area contributed by atoms with Gasteiger partial charge < -0.3 is 4.74 Å². The van der Waals surface area contributed by atoms with E-state index in [0.29, 0.717) is 18.7 Å². The van der Waals surface area contributed by atoms with Crippen LogP contribution >= 0.6 is 0 Å². The number of hydrogen-bond acceptors (Lipinski definition) is 3. The number of fused-ring (bicyclic) bond motifs is 1. The Bertz CT molecular complexity index is 179. The van der Waals surface area contributed by atoms with Gasteiger partial charge in [0.25, 0.3) is 0 Å². The molecule has 0 bridgehead atoms. The number of halogens is 1. The first-order valence-corrected chi connectivity index (χ1v) is 4.91. The van der Waals surface area contributed by atoms with Gasteiger partial charge in [0, 0.05) is 32.2 Å². The zero-order chi connectivity index (χ0) is 9.26. The molecule has 76 valence electrons. The minimum atomic E-state index is -0.247. The molecule has 0 aromatic rings. The van der Waals surface area contributed by atoms with Crippen LogP contribution in [-0.2, 0) is 4.74 Å². The van der Waals surface area contributed by atoms with Gasteiger partial charge in [-0.25, -0.2) is 4.39 Å². The predicted molar refractivity (Wildman–Crippen MR) is 48.6 cm³/mol. The number of alkyl halides is 1. The second-order valence-electron chi connectivity index (χ2n) is 3.91. The third kappa shape index (κ3) is 1.85. The minimum absolute atomic E-state index is 0.247. The topological polar surface area (TPSA) is 15.7 Å². The number of likely N-dealkylation sites (tertiary alicyclic amines) is 1. The van der Waals surface area contributed by atoms with E-state index in [0.717, 1.165) is 26.2 Å². The summed E-state index contributed by atoms with van der Waals surface area (Å²) in [4.78, 5) is 4.48.